The van der Waals surface area contributed by atoms with E-state index in [1.807, 2.05) is 12.2 Å². The van der Waals surface area contributed by atoms with Gasteiger partial charge in [-0.25, -0.2) is 4.21 Å². The second-order valence-corrected chi connectivity index (χ2v) is 9.50. The molecule has 3 fully saturated rings. The van der Waals surface area contributed by atoms with Crippen LogP contribution >= 0.6 is 21.4 Å². The van der Waals surface area contributed by atoms with Crippen molar-refractivity contribution in [2.75, 3.05) is 14.2 Å². The van der Waals surface area contributed by atoms with Gasteiger partial charge in [0.05, 0.1) is 38.6 Å². The summed E-state index contributed by atoms with van der Waals surface area (Å²) in [6.45, 7) is 0. The Morgan fingerprint density at radius 2 is 1.13 bits per heavy atom. The minimum atomic E-state index is -1.67. The van der Waals surface area contributed by atoms with Crippen molar-refractivity contribution >= 4 is 54.5 Å². The van der Waals surface area contributed by atoms with Gasteiger partial charge in [-0.2, -0.15) is 0 Å². The fraction of sp³-hybridized carbons (Fsp3) is 0.556. The van der Waals surface area contributed by atoms with Crippen LogP contribution < -0.4 is 0 Å². The SMILES string of the molecule is COC(=O)C1C2C=CC(O2)C1C(=O)OC.O=C1OC(=O)C2C3C=CC(O3)C12.O=S(Cl)Cl. The summed E-state index contributed by atoms with van der Waals surface area (Å²) in [6, 6.07) is 0. The summed E-state index contributed by atoms with van der Waals surface area (Å²) in [5.41, 5.74) is 0. The molecule has 0 spiro atoms. The molecule has 0 aliphatic carbocycles. The second-order valence-electron chi connectivity index (χ2n) is 6.97. The lowest BCUT2D eigenvalue weighted by Crippen LogP contribution is -2.37. The van der Waals surface area contributed by atoms with Crippen LogP contribution in [0.1, 0.15) is 0 Å². The highest BCUT2D eigenvalue weighted by molar-refractivity contribution is 8.26. The van der Waals surface area contributed by atoms with E-state index in [-0.39, 0.29) is 36.3 Å². The van der Waals surface area contributed by atoms with Crippen LogP contribution in [0.3, 0.4) is 0 Å². The van der Waals surface area contributed by atoms with E-state index in [1.54, 1.807) is 12.2 Å². The lowest BCUT2D eigenvalue weighted by atomic mass is 9.83. The number of esters is 4. The zero-order chi connectivity index (χ0) is 22.9. The van der Waals surface area contributed by atoms with Crippen LogP contribution in [0.15, 0.2) is 24.3 Å². The standard InChI is InChI=1S/C10H12O5.C8H6O4.Cl2OS/c1-13-9(11)7-5-3-4-6(15-5)8(7)10(12)14-2;9-7-5-3-1-2-4(11-3)6(5)8(10)12-7;1-4(2)3/h3-8H,1-2H3;1-6H;. The van der Waals surface area contributed by atoms with E-state index in [0.29, 0.717) is 0 Å². The molecule has 4 bridgehead atoms. The Labute approximate surface area is 188 Å². The molecule has 0 amide bonds. The number of halogens is 2. The second kappa shape index (κ2) is 9.78. The van der Waals surface area contributed by atoms with Gasteiger partial charge in [-0.05, 0) is 0 Å². The molecule has 8 unspecified atom stereocenters. The number of methoxy groups -OCH3 is 2. The van der Waals surface area contributed by atoms with Crippen molar-refractivity contribution < 1.29 is 47.1 Å². The van der Waals surface area contributed by atoms with Gasteiger partial charge in [0.1, 0.15) is 23.7 Å². The topological polar surface area (TPSA) is 132 Å². The number of carbonyl (C=O) groups is 4. The van der Waals surface area contributed by atoms with Crippen molar-refractivity contribution in [3.05, 3.63) is 24.3 Å². The van der Waals surface area contributed by atoms with E-state index < -0.39 is 44.9 Å². The van der Waals surface area contributed by atoms with Crippen molar-refractivity contribution in [3.63, 3.8) is 0 Å². The molecule has 5 rings (SSSR count). The largest absolute Gasteiger partial charge is 0.469 e. The molecule has 10 nitrogen and oxygen atoms in total. The highest BCUT2D eigenvalue weighted by Gasteiger charge is 2.59. The smallest absolute Gasteiger partial charge is 0.320 e. The first kappa shape index (κ1) is 23.9. The molecule has 170 valence electrons. The molecular weight excluding hydrogens is 479 g/mol. The molecule has 5 heterocycles. The zero-order valence-corrected chi connectivity index (χ0v) is 18.5. The molecule has 3 saturated heterocycles. The van der Waals surface area contributed by atoms with E-state index in [1.165, 1.54) is 14.2 Å². The first-order chi connectivity index (χ1) is 14.7. The summed E-state index contributed by atoms with van der Waals surface area (Å²) >= 11 is 0. The van der Waals surface area contributed by atoms with E-state index in [0.717, 1.165) is 0 Å². The number of hydrogen-bond donors (Lipinski definition) is 0. The molecule has 0 radical (unpaired) electrons. The zero-order valence-electron chi connectivity index (χ0n) is 16.2. The Kier molecular flexibility index (Phi) is 7.53. The number of fused-ring (bicyclic) bond motifs is 7. The Hall–Kier alpha value is -1.79. The summed E-state index contributed by atoms with van der Waals surface area (Å²) in [5.74, 6) is -3.59. The monoisotopic (exact) mass is 496 g/mol. The van der Waals surface area contributed by atoms with Gasteiger partial charge in [-0.15, -0.1) is 0 Å². The maximum atomic E-state index is 11.5. The molecule has 5 aliphatic rings. The van der Waals surface area contributed by atoms with Crippen molar-refractivity contribution in [1.82, 2.24) is 0 Å². The number of ether oxygens (including phenoxy) is 5. The Bertz CT molecular complexity index is 796. The number of hydrogen-bond acceptors (Lipinski definition) is 10. The normalized spacial score (nSPS) is 37.6. The van der Waals surface area contributed by atoms with Gasteiger partial charge >= 0.3 is 23.9 Å². The van der Waals surface area contributed by atoms with Crippen molar-refractivity contribution in [2.24, 2.45) is 23.7 Å². The summed E-state index contributed by atoms with van der Waals surface area (Å²) in [4.78, 5) is 45.2. The Balaban J connectivity index is 0.000000152. The van der Waals surface area contributed by atoms with Gasteiger partial charge in [0.25, 0.3) is 0 Å². The molecule has 5 aliphatic heterocycles. The molecular formula is C18H18Cl2O10S. The van der Waals surface area contributed by atoms with Crippen molar-refractivity contribution in [1.29, 1.82) is 0 Å². The van der Waals surface area contributed by atoms with Crippen LogP contribution in [0.4, 0.5) is 0 Å². The van der Waals surface area contributed by atoms with Gasteiger partial charge in [-0.3, -0.25) is 19.2 Å². The van der Waals surface area contributed by atoms with Gasteiger partial charge in [0, 0.05) is 21.4 Å². The summed E-state index contributed by atoms with van der Waals surface area (Å²) in [5, 5.41) is 0. The highest BCUT2D eigenvalue weighted by atomic mass is 36.0. The number of cyclic esters (lactones) is 2. The minimum Gasteiger partial charge on any atom is -0.469 e. The summed E-state index contributed by atoms with van der Waals surface area (Å²) < 4.78 is 33.7. The first-order valence-corrected chi connectivity index (χ1v) is 11.8. The van der Waals surface area contributed by atoms with E-state index in [2.05, 4.69) is 35.6 Å². The third kappa shape index (κ3) is 4.70. The minimum absolute atomic E-state index is 0.223. The Morgan fingerprint density at radius 1 is 0.806 bits per heavy atom. The quantitative estimate of drug-likeness (QED) is 0.176. The molecule has 0 aromatic carbocycles. The summed E-state index contributed by atoms with van der Waals surface area (Å²) in [6.07, 6.45) is 6.06. The average Bonchev–Trinajstić information content (AvgIpc) is 3.53. The van der Waals surface area contributed by atoms with E-state index >= 15 is 0 Å². The maximum Gasteiger partial charge on any atom is 0.320 e. The third-order valence-corrected chi connectivity index (χ3v) is 5.49. The van der Waals surface area contributed by atoms with Gasteiger partial charge in [-0.1, -0.05) is 24.3 Å². The van der Waals surface area contributed by atoms with Gasteiger partial charge in [0.15, 0.2) is 0 Å². The molecule has 13 heteroatoms. The van der Waals surface area contributed by atoms with Crippen molar-refractivity contribution in [2.45, 2.75) is 24.4 Å². The fourth-order valence-corrected chi connectivity index (χ4v) is 4.25. The molecule has 31 heavy (non-hydrogen) atoms. The lowest BCUT2D eigenvalue weighted by Gasteiger charge is -2.20. The first-order valence-electron chi connectivity index (χ1n) is 9.02. The fourth-order valence-electron chi connectivity index (χ4n) is 4.25. The van der Waals surface area contributed by atoms with Crippen molar-refractivity contribution in [3.8, 4) is 0 Å². The van der Waals surface area contributed by atoms with Crippen LogP contribution in [0, 0.1) is 23.7 Å². The summed E-state index contributed by atoms with van der Waals surface area (Å²) in [7, 11) is 9.95. The van der Waals surface area contributed by atoms with Crippen LogP contribution in [-0.4, -0.2) is 66.7 Å². The predicted molar refractivity (Wildman–Crippen MR) is 105 cm³/mol. The third-order valence-electron chi connectivity index (χ3n) is 5.49. The van der Waals surface area contributed by atoms with Gasteiger partial charge in [0.2, 0.25) is 9.23 Å². The molecule has 0 aromatic rings. The van der Waals surface area contributed by atoms with E-state index in [4.69, 9.17) is 13.7 Å². The lowest BCUT2D eigenvalue weighted by molar-refractivity contribution is -0.156. The molecule has 8 atom stereocenters. The molecule has 0 saturated carbocycles. The Morgan fingerprint density at radius 3 is 1.48 bits per heavy atom. The molecule has 0 N–H and O–H groups in total. The molecule has 0 aromatic heterocycles. The van der Waals surface area contributed by atoms with Crippen LogP contribution in [0.2, 0.25) is 0 Å². The predicted octanol–water partition coefficient (Wildman–Crippen LogP) is 0.584. The van der Waals surface area contributed by atoms with Crippen LogP contribution in [0.25, 0.3) is 0 Å². The average molecular weight is 497 g/mol. The number of carbonyl (C=O) groups excluding carboxylic acids is 4. The van der Waals surface area contributed by atoms with E-state index in [9.17, 15) is 19.2 Å². The van der Waals surface area contributed by atoms with Crippen LogP contribution in [-0.2, 0) is 52.1 Å². The van der Waals surface area contributed by atoms with Gasteiger partial charge < -0.3 is 23.7 Å². The maximum absolute atomic E-state index is 11.5. The van der Waals surface area contributed by atoms with Crippen LogP contribution in [0.5, 0.6) is 0 Å². The number of rotatable bonds is 2. The highest BCUT2D eigenvalue weighted by Crippen LogP contribution is 2.44.